The molecule has 0 spiro atoms. The van der Waals surface area contributed by atoms with Gasteiger partial charge in [-0.1, -0.05) is 22.0 Å². The molecule has 0 aliphatic heterocycles. The van der Waals surface area contributed by atoms with Gasteiger partial charge in [0.15, 0.2) is 0 Å². The Morgan fingerprint density at radius 3 is 2.59 bits per heavy atom. The first-order valence-electron chi connectivity index (χ1n) is 4.70. The molecule has 0 saturated carbocycles. The van der Waals surface area contributed by atoms with Gasteiger partial charge in [-0.15, -0.1) is 0 Å². The lowest BCUT2D eigenvalue weighted by Gasteiger charge is -2.16. The first-order valence-corrected chi connectivity index (χ1v) is 6.93. The summed E-state index contributed by atoms with van der Waals surface area (Å²) in [6.07, 6.45) is 0. The van der Waals surface area contributed by atoms with Crippen LogP contribution >= 0.6 is 15.9 Å². The van der Waals surface area contributed by atoms with Crippen molar-refractivity contribution >= 4 is 31.9 Å². The van der Waals surface area contributed by atoms with E-state index in [4.69, 9.17) is 5.11 Å². The van der Waals surface area contributed by atoms with E-state index in [1.165, 1.54) is 13.1 Å². The lowest BCUT2D eigenvalue weighted by molar-refractivity contribution is -0.137. The Hall–Kier alpha value is -0.920. The van der Waals surface area contributed by atoms with Crippen LogP contribution in [0.4, 0.5) is 0 Å². The summed E-state index contributed by atoms with van der Waals surface area (Å²) in [6.45, 7) is 1.10. The Bertz CT molecular complexity index is 541. The molecule has 0 radical (unpaired) electrons. The first-order chi connectivity index (χ1) is 7.76. The highest BCUT2D eigenvalue weighted by molar-refractivity contribution is 9.10. The Morgan fingerprint density at radius 2 is 2.06 bits per heavy atom. The van der Waals surface area contributed by atoms with E-state index in [1.807, 2.05) is 0 Å². The molecule has 17 heavy (non-hydrogen) atoms. The van der Waals surface area contributed by atoms with Gasteiger partial charge in [-0.3, -0.25) is 4.79 Å². The second-order valence-electron chi connectivity index (χ2n) is 3.52. The lowest BCUT2D eigenvalue weighted by Crippen LogP contribution is -2.32. The van der Waals surface area contributed by atoms with Gasteiger partial charge in [0.2, 0.25) is 10.0 Å². The molecule has 0 saturated heterocycles. The smallest absolute Gasteiger partial charge is 0.318 e. The van der Waals surface area contributed by atoms with Crippen molar-refractivity contribution in [2.24, 2.45) is 0 Å². The molecule has 0 aliphatic carbocycles. The van der Waals surface area contributed by atoms with E-state index in [-0.39, 0.29) is 4.90 Å². The number of carboxylic acids is 1. The van der Waals surface area contributed by atoms with E-state index < -0.39 is 22.5 Å². The van der Waals surface area contributed by atoms with Crippen LogP contribution in [-0.2, 0) is 14.8 Å². The number of carboxylic acid groups (broad SMARTS) is 1. The van der Waals surface area contributed by atoms with Gasteiger partial charge in [-0.2, -0.15) is 4.31 Å². The van der Waals surface area contributed by atoms with E-state index in [0.29, 0.717) is 10.0 Å². The summed E-state index contributed by atoms with van der Waals surface area (Å²) in [5.41, 5.74) is 0.560. The summed E-state index contributed by atoms with van der Waals surface area (Å²) in [6, 6.07) is 4.78. The number of aliphatic carboxylic acids is 1. The average molecular weight is 322 g/mol. The van der Waals surface area contributed by atoms with Crippen LogP contribution in [0.2, 0.25) is 0 Å². The third kappa shape index (κ3) is 3.05. The van der Waals surface area contributed by atoms with Gasteiger partial charge in [0.25, 0.3) is 0 Å². The van der Waals surface area contributed by atoms with Gasteiger partial charge in [-0.05, 0) is 24.6 Å². The summed E-state index contributed by atoms with van der Waals surface area (Å²) < 4.78 is 25.6. The molecule has 0 heterocycles. The molecule has 1 aromatic carbocycles. The van der Waals surface area contributed by atoms with Crippen molar-refractivity contribution in [3.8, 4) is 0 Å². The molecule has 1 N–H and O–H groups in total. The Kier molecular flexibility index (Phi) is 4.29. The van der Waals surface area contributed by atoms with E-state index in [2.05, 4.69) is 15.9 Å². The quantitative estimate of drug-likeness (QED) is 0.911. The number of hydrogen-bond acceptors (Lipinski definition) is 3. The minimum absolute atomic E-state index is 0.107. The molecular weight excluding hydrogens is 310 g/mol. The minimum atomic E-state index is -3.76. The van der Waals surface area contributed by atoms with Gasteiger partial charge in [0, 0.05) is 11.5 Å². The third-order valence-corrected chi connectivity index (χ3v) is 5.07. The average Bonchev–Trinajstić information content (AvgIpc) is 2.20. The Balaban J connectivity index is 3.22. The number of benzene rings is 1. The molecule has 0 amide bonds. The van der Waals surface area contributed by atoms with Gasteiger partial charge in [-0.25, -0.2) is 8.42 Å². The molecule has 0 aromatic heterocycles. The summed E-state index contributed by atoms with van der Waals surface area (Å²) in [5.74, 6) is -1.19. The van der Waals surface area contributed by atoms with E-state index in [9.17, 15) is 13.2 Å². The van der Waals surface area contributed by atoms with Crippen molar-refractivity contribution in [2.75, 3.05) is 13.6 Å². The fourth-order valence-corrected chi connectivity index (χ4v) is 3.17. The summed E-state index contributed by atoms with van der Waals surface area (Å²) in [4.78, 5) is 10.6. The van der Waals surface area contributed by atoms with Crippen molar-refractivity contribution in [3.05, 3.63) is 28.2 Å². The zero-order valence-electron chi connectivity index (χ0n) is 9.34. The predicted octanol–water partition coefficient (Wildman–Crippen LogP) is 1.46. The number of hydrogen-bond donors (Lipinski definition) is 1. The third-order valence-electron chi connectivity index (χ3n) is 2.26. The Morgan fingerprint density at radius 1 is 1.47 bits per heavy atom. The molecule has 0 fully saturated rings. The normalized spacial score (nSPS) is 11.8. The van der Waals surface area contributed by atoms with Crippen LogP contribution in [0.25, 0.3) is 0 Å². The van der Waals surface area contributed by atoms with E-state index in [0.717, 1.165) is 4.31 Å². The van der Waals surface area contributed by atoms with Crippen LogP contribution < -0.4 is 0 Å². The van der Waals surface area contributed by atoms with Gasteiger partial charge in [0.1, 0.15) is 6.54 Å². The van der Waals surface area contributed by atoms with Crippen LogP contribution in [0.5, 0.6) is 0 Å². The minimum Gasteiger partial charge on any atom is -0.480 e. The largest absolute Gasteiger partial charge is 0.480 e. The number of halogens is 1. The Labute approximate surface area is 108 Å². The zero-order chi connectivity index (χ0) is 13.2. The van der Waals surface area contributed by atoms with Gasteiger partial charge in [0.05, 0.1) is 4.90 Å². The number of rotatable bonds is 4. The molecule has 5 nitrogen and oxygen atoms in total. The van der Waals surface area contributed by atoms with Gasteiger partial charge >= 0.3 is 5.97 Å². The van der Waals surface area contributed by atoms with Crippen molar-refractivity contribution in [1.29, 1.82) is 0 Å². The maximum atomic E-state index is 12.1. The highest BCUT2D eigenvalue weighted by Gasteiger charge is 2.24. The maximum Gasteiger partial charge on any atom is 0.318 e. The number of nitrogens with zero attached hydrogens (tertiary/aromatic N) is 1. The second-order valence-corrected chi connectivity index (χ2v) is 6.39. The van der Waals surface area contributed by atoms with Crippen LogP contribution in [0.3, 0.4) is 0 Å². The second kappa shape index (κ2) is 5.16. The fraction of sp³-hybridized carbons (Fsp3) is 0.300. The van der Waals surface area contributed by atoms with Crippen molar-refractivity contribution in [3.63, 3.8) is 0 Å². The molecule has 1 aromatic rings. The fourth-order valence-electron chi connectivity index (χ4n) is 1.31. The summed E-state index contributed by atoms with van der Waals surface area (Å²) in [5, 5.41) is 8.60. The van der Waals surface area contributed by atoms with Crippen LogP contribution in [0.15, 0.2) is 27.6 Å². The molecule has 7 heteroatoms. The first kappa shape index (κ1) is 14.1. The van der Waals surface area contributed by atoms with E-state index >= 15 is 0 Å². The monoisotopic (exact) mass is 321 g/mol. The highest BCUT2D eigenvalue weighted by Crippen LogP contribution is 2.25. The molecule has 0 unspecified atom stereocenters. The van der Waals surface area contributed by atoms with Crippen molar-refractivity contribution in [1.82, 2.24) is 4.31 Å². The van der Waals surface area contributed by atoms with Crippen molar-refractivity contribution < 1.29 is 18.3 Å². The number of sulfonamides is 1. The zero-order valence-corrected chi connectivity index (χ0v) is 11.7. The van der Waals surface area contributed by atoms with Gasteiger partial charge < -0.3 is 5.11 Å². The lowest BCUT2D eigenvalue weighted by atomic mass is 10.2. The molecule has 94 valence electrons. The molecule has 0 atom stereocenters. The molecule has 0 aliphatic rings. The van der Waals surface area contributed by atoms with Crippen molar-refractivity contribution in [2.45, 2.75) is 11.8 Å². The predicted molar refractivity (Wildman–Crippen MR) is 66.3 cm³/mol. The summed E-state index contributed by atoms with van der Waals surface area (Å²) in [7, 11) is -2.52. The SMILES string of the molecule is Cc1c(Br)cccc1S(=O)(=O)N(C)CC(=O)O. The molecule has 0 bridgehead atoms. The van der Waals surface area contributed by atoms with E-state index in [1.54, 1.807) is 19.1 Å². The highest BCUT2D eigenvalue weighted by atomic mass is 79.9. The van der Waals surface area contributed by atoms with Crippen LogP contribution in [-0.4, -0.2) is 37.4 Å². The van der Waals surface area contributed by atoms with Crippen LogP contribution in [0.1, 0.15) is 5.56 Å². The van der Waals surface area contributed by atoms with Crippen LogP contribution in [0, 0.1) is 6.92 Å². The number of carbonyl (C=O) groups is 1. The standard InChI is InChI=1S/C10H12BrNO4S/c1-7-8(11)4-3-5-9(7)17(15,16)12(2)6-10(13)14/h3-5H,6H2,1-2H3,(H,13,14). The topological polar surface area (TPSA) is 74.7 Å². The summed E-state index contributed by atoms with van der Waals surface area (Å²) >= 11 is 3.24. The molecular formula is C10H12BrNO4S. The molecule has 1 rings (SSSR count). The number of likely N-dealkylation sites (N-methyl/N-ethyl adjacent to an activating group) is 1. The maximum absolute atomic E-state index is 12.1.